The van der Waals surface area contributed by atoms with Crippen LogP contribution in [-0.4, -0.2) is 37.1 Å². The summed E-state index contributed by atoms with van der Waals surface area (Å²) in [4.78, 5) is 14.9. The maximum absolute atomic E-state index is 12.9. The summed E-state index contributed by atoms with van der Waals surface area (Å²) in [5, 5.41) is 0. The standard InChI is InChI=1S/C20H31NO3/c1-5-17-8-6-7-12-21(17)20(22)16-9-10-18(19(14-16)23-4)24-13-11-15(2)3/h9-10,14-15,17H,5-8,11-13H2,1-4H3. The fourth-order valence-corrected chi connectivity index (χ4v) is 3.18. The molecular weight excluding hydrogens is 302 g/mol. The zero-order valence-corrected chi connectivity index (χ0v) is 15.5. The van der Waals surface area contributed by atoms with Crippen LogP contribution in [0.25, 0.3) is 0 Å². The van der Waals surface area contributed by atoms with Crippen molar-refractivity contribution in [2.24, 2.45) is 5.92 Å². The number of likely N-dealkylation sites (tertiary alicyclic amines) is 1. The maximum atomic E-state index is 12.9. The van der Waals surface area contributed by atoms with E-state index in [9.17, 15) is 4.79 Å². The lowest BCUT2D eigenvalue weighted by atomic mass is 9.99. The highest BCUT2D eigenvalue weighted by Gasteiger charge is 2.26. The van der Waals surface area contributed by atoms with E-state index in [-0.39, 0.29) is 5.91 Å². The van der Waals surface area contributed by atoms with E-state index in [0.717, 1.165) is 32.2 Å². The normalized spacial score (nSPS) is 17.9. The molecule has 4 heteroatoms. The van der Waals surface area contributed by atoms with E-state index in [4.69, 9.17) is 9.47 Å². The topological polar surface area (TPSA) is 38.8 Å². The van der Waals surface area contributed by atoms with Gasteiger partial charge in [0.1, 0.15) is 0 Å². The molecule has 1 aliphatic rings. The third-order valence-electron chi connectivity index (χ3n) is 4.72. The summed E-state index contributed by atoms with van der Waals surface area (Å²) >= 11 is 0. The van der Waals surface area contributed by atoms with Crippen molar-refractivity contribution in [3.8, 4) is 11.5 Å². The minimum absolute atomic E-state index is 0.105. The van der Waals surface area contributed by atoms with E-state index in [1.807, 2.05) is 23.1 Å². The van der Waals surface area contributed by atoms with Crippen LogP contribution in [0, 0.1) is 5.92 Å². The highest BCUT2D eigenvalue weighted by Crippen LogP contribution is 2.30. The van der Waals surface area contributed by atoms with Gasteiger partial charge < -0.3 is 14.4 Å². The first-order valence-corrected chi connectivity index (χ1v) is 9.18. The summed E-state index contributed by atoms with van der Waals surface area (Å²) in [5.74, 6) is 2.05. The Bertz CT molecular complexity index is 542. The Hall–Kier alpha value is -1.71. The average molecular weight is 333 g/mol. The molecule has 1 saturated heterocycles. The Kier molecular flexibility index (Phi) is 6.95. The molecule has 4 nitrogen and oxygen atoms in total. The zero-order chi connectivity index (χ0) is 17.5. The number of piperidine rings is 1. The molecule has 134 valence electrons. The van der Waals surface area contributed by atoms with Crippen molar-refractivity contribution < 1.29 is 14.3 Å². The van der Waals surface area contributed by atoms with Gasteiger partial charge in [-0.3, -0.25) is 4.79 Å². The third-order valence-corrected chi connectivity index (χ3v) is 4.72. The Balaban J connectivity index is 2.11. The van der Waals surface area contributed by atoms with Crippen LogP contribution < -0.4 is 9.47 Å². The van der Waals surface area contributed by atoms with Gasteiger partial charge in [-0.05, 0) is 56.2 Å². The summed E-state index contributed by atoms with van der Waals surface area (Å²) in [7, 11) is 1.62. The first-order valence-electron chi connectivity index (χ1n) is 9.18. The minimum Gasteiger partial charge on any atom is -0.493 e. The number of carbonyl (C=O) groups is 1. The lowest BCUT2D eigenvalue weighted by Gasteiger charge is -2.35. The summed E-state index contributed by atoms with van der Waals surface area (Å²) in [6, 6.07) is 5.89. The number of hydrogen-bond donors (Lipinski definition) is 0. The molecule has 0 aliphatic carbocycles. The Morgan fingerprint density at radius 1 is 1.29 bits per heavy atom. The van der Waals surface area contributed by atoms with Gasteiger partial charge in [0, 0.05) is 18.2 Å². The molecule has 0 saturated carbocycles. The number of nitrogens with zero attached hydrogens (tertiary/aromatic N) is 1. The Morgan fingerprint density at radius 2 is 2.08 bits per heavy atom. The van der Waals surface area contributed by atoms with Crippen LogP contribution in [0.15, 0.2) is 18.2 Å². The molecule has 1 heterocycles. The lowest BCUT2D eigenvalue weighted by molar-refractivity contribution is 0.0607. The second-order valence-electron chi connectivity index (χ2n) is 6.95. The van der Waals surface area contributed by atoms with Crippen LogP contribution in [-0.2, 0) is 0 Å². The fourth-order valence-electron chi connectivity index (χ4n) is 3.18. The maximum Gasteiger partial charge on any atom is 0.254 e. The van der Waals surface area contributed by atoms with Crippen LogP contribution in [0.1, 0.15) is 63.2 Å². The van der Waals surface area contributed by atoms with Gasteiger partial charge in [0.05, 0.1) is 13.7 Å². The van der Waals surface area contributed by atoms with Crippen LogP contribution >= 0.6 is 0 Å². The largest absolute Gasteiger partial charge is 0.493 e. The van der Waals surface area contributed by atoms with Crippen molar-refractivity contribution in [1.29, 1.82) is 0 Å². The van der Waals surface area contributed by atoms with E-state index < -0.39 is 0 Å². The number of methoxy groups -OCH3 is 1. The number of ether oxygens (including phenoxy) is 2. The summed E-state index contributed by atoms with van der Waals surface area (Å²) in [6.45, 7) is 8.01. The first-order chi connectivity index (χ1) is 11.6. The lowest BCUT2D eigenvalue weighted by Crippen LogP contribution is -2.43. The minimum atomic E-state index is 0.105. The van der Waals surface area contributed by atoms with Gasteiger partial charge in [-0.15, -0.1) is 0 Å². The highest BCUT2D eigenvalue weighted by atomic mass is 16.5. The van der Waals surface area contributed by atoms with Crippen molar-refractivity contribution in [1.82, 2.24) is 4.90 Å². The summed E-state index contributed by atoms with van der Waals surface area (Å²) in [5.41, 5.74) is 0.684. The van der Waals surface area contributed by atoms with Gasteiger partial charge in [-0.2, -0.15) is 0 Å². The average Bonchev–Trinajstić information content (AvgIpc) is 2.61. The quantitative estimate of drug-likeness (QED) is 0.736. The van der Waals surface area contributed by atoms with Crippen LogP contribution in [0.4, 0.5) is 0 Å². The predicted molar refractivity (Wildman–Crippen MR) is 96.9 cm³/mol. The smallest absolute Gasteiger partial charge is 0.254 e. The molecule has 2 rings (SSSR count). The molecule has 24 heavy (non-hydrogen) atoms. The van der Waals surface area contributed by atoms with Crippen molar-refractivity contribution >= 4 is 5.91 Å². The second-order valence-corrected chi connectivity index (χ2v) is 6.95. The van der Waals surface area contributed by atoms with Crippen LogP contribution in [0.2, 0.25) is 0 Å². The van der Waals surface area contributed by atoms with Gasteiger partial charge in [-0.25, -0.2) is 0 Å². The highest BCUT2D eigenvalue weighted by molar-refractivity contribution is 5.95. The molecule has 0 spiro atoms. The van der Waals surface area contributed by atoms with Gasteiger partial charge in [0.15, 0.2) is 11.5 Å². The number of hydrogen-bond acceptors (Lipinski definition) is 3. The number of carbonyl (C=O) groups excluding carboxylic acids is 1. The number of benzene rings is 1. The van der Waals surface area contributed by atoms with E-state index >= 15 is 0 Å². The molecule has 1 amide bonds. The van der Waals surface area contributed by atoms with Crippen LogP contribution in [0.3, 0.4) is 0 Å². The molecule has 0 bridgehead atoms. The molecule has 0 radical (unpaired) electrons. The molecule has 1 atom stereocenters. The molecule has 1 aliphatic heterocycles. The van der Waals surface area contributed by atoms with Crippen molar-refractivity contribution in [2.75, 3.05) is 20.3 Å². The van der Waals surface area contributed by atoms with Crippen LogP contribution in [0.5, 0.6) is 11.5 Å². The fraction of sp³-hybridized carbons (Fsp3) is 0.650. The monoisotopic (exact) mass is 333 g/mol. The second kappa shape index (κ2) is 8.95. The summed E-state index contributed by atoms with van der Waals surface area (Å²) < 4.78 is 11.2. The van der Waals surface area contributed by atoms with E-state index in [0.29, 0.717) is 35.6 Å². The predicted octanol–water partition coefficient (Wildman–Crippen LogP) is 4.52. The molecular formula is C20H31NO3. The first kappa shape index (κ1) is 18.6. The van der Waals surface area contributed by atoms with Crippen molar-refractivity contribution in [3.63, 3.8) is 0 Å². The molecule has 1 fully saturated rings. The number of rotatable bonds is 7. The zero-order valence-electron chi connectivity index (χ0n) is 15.5. The molecule has 1 unspecified atom stereocenters. The van der Waals surface area contributed by atoms with Crippen molar-refractivity contribution in [3.05, 3.63) is 23.8 Å². The van der Waals surface area contributed by atoms with E-state index in [2.05, 4.69) is 20.8 Å². The molecule has 0 aromatic heterocycles. The summed E-state index contributed by atoms with van der Waals surface area (Å²) in [6.07, 6.45) is 5.43. The van der Waals surface area contributed by atoms with Gasteiger partial charge >= 0.3 is 0 Å². The molecule has 0 N–H and O–H groups in total. The van der Waals surface area contributed by atoms with E-state index in [1.54, 1.807) is 7.11 Å². The molecule has 1 aromatic rings. The number of amides is 1. The third kappa shape index (κ3) is 4.65. The Labute approximate surface area is 146 Å². The molecule has 1 aromatic carbocycles. The van der Waals surface area contributed by atoms with Gasteiger partial charge in [0.25, 0.3) is 5.91 Å². The SMILES string of the molecule is CCC1CCCCN1C(=O)c1ccc(OCCC(C)C)c(OC)c1. The van der Waals surface area contributed by atoms with Gasteiger partial charge in [0.2, 0.25) is 0 Å². The Morgan fingerprint density at radius 3 is 2.75 bits per heavy atom. The van der Waals surface area contributed by atoms with E-state index in [1.165, 1.54) is 6.42 Å². The van der Waals surface area contributed by atoms with Crippen molar-refractivity contribution in [2.45, 2.75) is 58.9 Å². The van der Waals surface area contributed by atoms with Gasteiger partial charge in [-0.1, -0.05) is 20.8 Å².